The third-order valence-electron chi connectivity index (χ3n) is 5.41. The zero-order valence-electron chi connectivity index (χ0n) is 16.2. The number of para-hydroxylation sites is 1. The van der Waals surface area contributed by atoms with E-state index in [1.165, 1.54) is 5.56 Å². The predicted molar refractivity (Wildman–Crippen MR) is 110 cm³/mol. The quantitative estimate of drug-likeness (QED) is 0.723. The molecule has 0 spiro atoms. The molecular formula is C23H23N3O3. The fourth-order valence-corrected chi connectivity index (χ4v) is 3.97. The van der Waals surface area contributed by atoms with Crippen LogP contribution in [0.15, 0.2) is 48.5 Å². The van der Waals surface area contributed by atoms with Crippen LogP contribution < -0.4 is 14.8 Å². The number of amides is 1. The molecule has 2 heterocycles. The van der Waals surface area contributed by atoms with Gasteiger partial charge in [0, 0.05) is 12.0 Å². The summed E-state index contributed by atoms with van der Waals surface area (Å²) >= 11 is 0. The number of ether oxygens (including phenoxy) is 2. The normalized spacial score (nSPS) is 14.5. The minimum absolute atomic E-state index is 0.00771. The Morgan fingerprint density at radius 2 is 1.86 bits per heavy atom. The van der Waals surface area contributed by atoms with Gasteiger partial charge in [0.25, 0.3) is 0 Å². The summed E-state index contributed by atoms with van der Waals surface area (Å²) < 4.78 is 13.1. The molecule has 5 rings (SSSR count). The van der Waals surface area contributed by atoms with Crippen molar-refractivity contribution >= 4 is 11.7 Å². The predicted octanol–water partition coefficient (Wildman–Crippen LogP) is 3.70. The zero-order chi connectivity index (χ0) is 19.6. The summed E-state index contributed by atoms with van der Waals surface area (Å²) in [5.41, 5.74) is 4.28. The molecule has 0 unspecified atom stereocenters. The van der Waals surface area contributed by atoms with E-state index in [-0.39, 0.29) is 5.91 Å². The second-order valence-corrected chi connectivity index (χ2v) is 7.40. The van der Waals surface area contributed by atoms with Gasteiger partial charge in [-0.15, -0.1) is 0 Å². The Kier molecular flexibility index (Phi) is 4.68. The van der Waals surface area contributed by atoms with E-state index in [0.717, 1.165) is 53.5 Å². The fourth-order valence-electron chi connectivity index (χ4n) is 3.97. The van der Waals surface area contributed by atoms with Gasteiger partial charge in [0.1, 0.15) is 19.0 Å². The van der Waals surface area contributed by atoms with Gasteiger partial charge in [-0.1, -0.05) is 24.3 Å². The standard InChI is InChI=1S/C23H23N3O3/c27-22(12-10-16-9-11-20-21(15-16)29-14-13-28-20)24-23-18-7-4-8-19(18)25-26(23)17-5-2-1-3-6-17/h1-3,5-6,9,11,15H,4,7-8,10,12-14H2,(H,24,27). The topological polar surface area (TPSA) is 65.4 Å². The maximum absolute atomic E-state index is 12.7. The van der Waals surface area contributed by atoms with Gasteiger partial charge in [-0.2, -0.15) is 5.10 Å². The molecule has 148 valence electrons. The Balaban J connectivity index is 1.31. The lowest BCUT2D eigenvalue weighted by molar-refractivity contribution is -0.116. The summed E-state index contributed by atoms with van der Waals surface area (Å²) in [7, 11) is 0. The summed E-state index contributed by atoms with van der Waals surface area (Å²) in [5, 5.41) is 7.88. The van der Waals surface area contributed by atoms with Gasteiger partial charge in [0.05, 0.1) is 11.4 Å². The van der Waals surface area contributed by atoms with E-state index < -0.39 is 0 Å². The third kappa shape index (κ3) is 3.58. The molecule has 0 saturated heterocycles. The van der Waals surface area contributed by atoms with Crippen LogP contribution in [0.4, 0.5) is 5.82 Å². The Bertz CT molecular complexity index is 1040. The number of rotatable bonds is 5. The zero-order valence-corrected chi connectivity index (χ0v) is 16.2. The van der Waals surface area contributed by atoms with Crippen LogP contribution in [0.2, 0.25) is 0 Å². The first-order valence-corrected chi connectivity index (χ1v) is 10.1. The maximum atomic E-state index is 12.7. The lowest BCUT2D eigenvalue weighted by Crippen LogP contribution is -2.17. The molecule has 0 saturated carbocycles. The van der Waals surface area contributed by atoms with E-state index in [1.807, 2.05) is 53.2 Å². The Morgan fingerprint density at radius 1 is 1.03 bits per heavy atom. The molecule has 29 heavy (non-hydrogen) atoms. The molecule has 1 N–H and O–H groups in total. The minimum atomic E-state index is -0.00771. The highest BCUT2D eigenvalue weighted by molar-refractivity contribution is 5.91. The van der Waals surface area contributed by atoms with Crippen molar-refractivity contribution in [2.75, 3.05) is 18.5 Å². The second kappa shape index (κ2) is 7.62. The molecule has 6 heteroatoms. The molecule has 0 atom stereocenters. The van der Waals surface area contributed by atoms with Crippen molar-refractivity contribution in [3.8, 4) is 17.2 Å². The lowest BCUT2D eigenvalue weighted by Gasteiger charge is -2.18. The summed E-state index contributed by atoms with van der Waals surface area (Å²) in [6.45, 7) is 1.14. The van der Waals surface area contributed by atoms with Crippen molar-refractivity contribution < 1.29 is 14.3 Å². The minimum Gasteiger partial charge on any atom is -0.486 e. The summed E-state index contributed by atoms with van der Waals surface area (Å²) in [4.78, 5) is 12.7. The number of nitrogens with one attached hydrogen (secondary N) is 1. The molecular weight excluding hydrogens is 366 g/mol. The average Bonchev–Trinajstić information content (AvgIpc) is 3.35. The molecule has 1 aliphatic heterocycles. The number of nitrogens with zero attached hydrogens (tertiary/aromatic N) is 2. The molecule has 6 nitrogen and oxygen atoms in total. The number of fused-ring (bicyclic) bond motifs is 2. The average molecular weight is 389 g/mol. The maximum Gasteiger partial charge on any atom is 0.225 e. The van der Waals surface area contributed by atoms with Crippen LogP contribution in [0.1, 0.15) is 29.7 Å². The first-order chi connectivity index (χ1) is 14.3. The van der Waals surface area contributed by atoms with Crippen LogP contribution in [0, 0.1) is 0 Å². The highest BCUT2D eigenvalue weighted by atomic mass is 16.6. The highest BCUT2D eigenvalue weighted by Crippen LogP contribution is 2.32. The van der Waals surface area contributed by atoms with Gasteiger partial charge in [-0.3, -0.25) is 4.79 Å². The number of hydrogen-bond donors (Lipinski definition) is 1. The van der Waals surface area contributed by atoms with Crippen LogP contribution in [-0.4, -0.2) is 28.9 Å². The smallest absolute Gasteiger partial charge is 0.225 e. The van der Waals surface area contributed by atoms with Crippen molar-refractivity contribution in [3.05, 3.63) is 65.4 Å². The molecule has 1 amide bonds. The number of carbonyl (C=O) groups is 1. The molecule has 0 fully saturated rings. The number of aryl methyl sites for hydroxylation is 2. The Labute approximate surface area is 169 Å². The van der Waals surface area contributed by atoms with Gasteiger partial charge in [-0.05, 0) is 55.5 Å². The molecule has 1 aromatic heterocycles. The molecule has 0 radical (unpaired) electrons. The van der Waals surface area contributed by atoms with Crippen molar-refractivity contribution in [1.29, 1.82) is 0 Å². The molecule has 1 aliphatic carbocycles. The van der Waals surface area contributed by atoms with Gasteiger partial charge in [-0.25, -0.2) is 4.68 Å². The molecule has 3 aromatic rings. The summed E-state index contributed by atoms with van der Waals surface area (Å²) in [6.07, 6.45) is 4.06. The number of hydrogen-bond acceptors (Lipinski definition) is 4. The van der Waals surface area contributed by atoms with Crippen LogP contribution in [-0.2, 0) is 24.1 Å². The SMILES string of the molecule is O=C(CCc1ccc2c(c1)OCCO2)Nc1c2c(nn1-c1ccccc1)CCC2. The van der Waals surface area contributed by atoms with E-state index in [1.54, 1.807) is 0 Å². The lowest BCUT2D eigenvalue weighted by atomic mass is 10.1. The van der Waals surface area contributed by atoms with Gasteiger partial charge in [0.2, 0.25) is 5.91 Å². The number of carbonyl (C=O) groups excluding carboxylic acids is 1. The van der Waals surface area contributed by atoms with Gasteiger partial charge in [0.15, 0.2) is 11.5 Å². The van der Waals surface area contributed by atoms with Crippen molar-refractivity contribution in [2.45, 2.75) is 32.1 Å². The van der Waals surface area contributed by atoms with Crippen LogP contribution >= 0.6 is 0 Å². The number of benzene rings is 2. The molecule has 0 bridgehead atoms. The summed E-state index contributed by atoms with van der Waals surface area (Å²) in [6, 6.07) is 15.8. The fraction of sp³-hybridized carbons (Fsp3) is 0.304. The van der Waals surface area contributed by atoms with E-state index in [4.69, 9.17) is 14.6 Å². The highest BCUT2D eigenvalue weighted by Gasteiger charge is 2.24. The van der Waals surface area contributed by atoms with E-state index >= 15 is 0 Å². The second-order valence-electron chi connectivity index (χ2n) is 7.40. The third-order valence-corrected chi connectivity index (χ3v) is 5.41. The first-order valence-electron chi connectivity index (χ1n) is 10.1. The van der Waals surface area contributed by atoms with E-state index in [0.29, 0.717) is 26.1 Å². The van der Waals surface area contributed by atoms with Crippen molar-refractivity contribution in [3.63, 3.8) is 0 Å². The monoisotopic (exact) mass is 389 g/mol. The Morgan fingerprint density at radius 3 is 2.72 bits per heavy atom. The molecule has 2 aromatic carbocycles. The van der Waals surface area contributed by atoms with E-state index in [9.17, 15) is 4.79 Å². The van der Waals surface area contributed by atoms with Crippen molar-refractivity contribution in [2.24, 2.45) is 0 Å². The summed E-state index contributed by atoms with van der Waals surface area (Å²) in [5.74, 6) is 2.34. The number of anilines is 1. The van der Waals surface area contributed by atoms with Gasteiger partial charge >= 0.3 is 0 Å². The first kappa shape index (κ1) is 17.8. The van der Waals surface area contributed by atoms with Crippen molar-refractivity contribution in [1.82, 2.24) is 9.78 Å². The largest absolute Gasteiger partial charge is 0.486 e. The molecule has 2 aliphatic rings. The number of aromatic nitrogens is 2. The Hall–Kier alpha value is -3.28. The van der Waals surface area contributed by atoms with Crippen LogP contribution in [0.5, 0.6) is 11.5 Å². The van der Waals surface area contributed by atoms with Crippen LogP contribution in [0.25, 0.3) is 5.69 Å². The van der Waals surface area contributed by atoms with Crippen LogP contribution in [0.3, 0.4) is 0 Å². The van der Waals surface area contributed by atoms with Gasteiger partial charge < -0.3 is 14.8 Å². The van der Waals surface area contributed by atoms with E-state index in [2.05, 4.69) is 5.32 Å².